The number of hydrogen-bond acceptors (Lipinski definition) is 2. The Labute approximate surface area is 74.2 Å². The Kier molecular flexibility index (Phi) is 2.20. The van der Waals surface area contributed by atoms with Crippen molar-refractivity contribution >= 4 is 0 Å². The summed E-state index contributed by atoms with van der Waals surface area (Å²) in [7, 11) is 1.82. The molecule has 2 atom stereocenters. The highest BCUT2D eigenvalue weighted by Gasteiger charge is 2.32. The van der Waals surface area contributed by atoms with Gasteiger partial charge in [0.25, 0.3) is 0 Å². The van der Waals surface area contributed by atoms with Gasteiger partial charge in [-0.25, -0.2) is 0 Å². The third-order valence-electron chi connectivity index (χ3n) is 3.05. The second-order valence-corrected chi connectivity index (χ2v) is 3.96. The van der Waals surface area contributed by atoms with Gasteiger partial charge in [0.15, 0.2) is 0 Å². The average Bonchev–Trinajstić information content (AvgIpc) is 2.46. The predicted molar refractivity (Wildman–Crippen MR) is 49.1 cm³/mol. The topological polar surface area (TPSA) is 12.5 Å². The van der Waals surface area contributed by atoms with Crippen LogP contribution in [0.15, 0.2) is 11.6 Å². The lowest BCUT2D eigenvalue weighted by Gasteiger charge is -2.27. The van der Waals surface area contributed by atoms with Crippen molar-refractivity contribution < 1.29 is 4.74 Å². The van der Waals surface area contributed by atoms with Gasteiger partial charge < -0.3 is 4.74 Å². The Morgan fingerprint density at radius 2 is 2.42 bits per heavy atom. The Bertz CT molecular complexity index is 200. The molecule has 0 aromatic carbocycles. The molecule has 2 rings (SSSR count). The lowest BCUT2D eigenvalue weighted by Crippen LogP contribution is -2.33. The van der Waals surface area contributed by atoms with Crippen LogP contribution in [0.4, 0.5) is 0 Å². The summed E-state index contributed by atoms with van der Waals surface area (Å²) in [6.07, 6.45) is 5.30. The summed E-state index contributed by atoms with van der Waals surface area (Å²) in [6.45, 7) is 4.50. The molecule has 1 saturated heterocycles. The Morgan fingerprint density at radius 1 is 1.58 bits per heavy atom. The SMILES string of the molecule is COC1CC2CC(C)=CCN2C1. The monoisotopic (exact) mass is 167 g/mol. The molecule has 2 aliphatic rings. The number of rotatable bonds is 1. The Balaban J connectivity index is 2.00. The van der Waals surface area contributed by atoms with Gasteiger partial charge in [-0.15, -0.1) is 0 Å². The molecule has 2 heteroatoms. The van der Waals surface area contributed by atoms with E-state index in [0.717, 1.165) is 19.1 Å². The molecule has 2 unspecified atom stereocenters. The molecular formula is C10H17NO. The third-order valence-corrected chi connectivity index (χ3v) is 3.05. The smallest absolute Gasteiger partial charge is 0.0713 e. The maximum absolute atomic E-state index is 5.37. The highest BCUT2D eigenvalue weighted by atomic mass is 16.5. The molecule has 0 spiro atoms. The minimum atomic E-state index is 0.481. The number of fused-ring (bicyclic) bond motifs is 1. The average molecular weight is 167 g/mol. The number of nitrogens with zero attached hydrogens (tertiary/aromatic N) is 1. The van der Waals surface area contributed by atoms with Gasteiger partial charge in [-0.2, -0.15) is 0 Å². The number of methoxy groups -OCH3 is 1. The zero-order valence-electron chi connectivity index (χ0n) is 7.92. The van der Waals surface area contributed by atoms with Gasteiger partial charge in [0.1, 0.15) is 0 Å². The van der Waals surface area contributed by atoms with E-state index in [1.54, 1.807) is 5.57 Å². The second-order valence-electron chi connectivity index (χ2n) is 3.96. The minimum Gasteiger partial charge on any atom is -0.380 e. The molecule has 0 radical (unpaired) electrons. The molecule has 0 saturated carbocycles. The van der Waals surface area contributed by atoms with Gasteiger partial charge in [-0.05, 0) is 19.8 Å². The summed E-state index contributed by atoms with van der Waals surface area (Å²) in [5.74, 6) is 0. The molecule has 0 aliphatic carbocycles. The first kappa shape index (κ1) is 8.27. The first-order chi connectivity index (χ1) is 5.79. The number of hydrogen-bond donors (Lipinski definition) is 0. The second kappa shape index (κ2) is 3.19. The van der Waals surface area contributed by atoms with E-state index in [1.165, 1.54) is 12.8 Å². The van der Waals surface area contributed by atoms with E-state index in [1.807, 2.05) is 7.11 Å². The van der Waals surface area contributed by atoms with E-state index in [-0.39, 0.29) is 0 Å². The molecule has 0 amide bonds. The summed E-state index contributed by atoms with van der Waals surface area (Å²) < 4.78 is 5.37. The maximum Gasteiger partial charge on any atom is 0.0713 e. The minimum absolute atomic E-state index is 0.481. The van der Waals surface area contributed by atoms with Crippen LogP contribution in [0.5, 0.6) is 0 Å². The zero-order chi connectivity index (χ0) is 8.55. The predicted octanol–water partition coefficient (Wildman–Crippen LogP) is 1.43. The molecule has 12 heavy (non-hydrogen) atoms. The van der Waals surface area contributed by atoms with Gasteiger partial charge >= 0.3 is 0 Å². The van der Waals surface area contributed by atoms with Gasteiger partial charge in [0, 0.05) is 26.2 Å². The van der Waals surface area contributed by atoms with Crippen molar-refractivity contribution in [3.05, 3.63) is 11.6 Å². The molecule has 2 nitrogen and oxygen atoms in total. The van der Waals surface area contributed by atoms with Crippen LogP contribution in [0, 0.1) is 0 Å². The highest BCUT2D eigenvalue weighted by Crippen LogP contribution is 2.27. The van der Waals surface area contributed by atoms with Crippen LogP contribution < -0.4 is 0 Å². The fourth-order valence-electron chi connectivity index (χ4n) is 2.27. The van der Waals surface area contributed by atoms with Crippen molar-refractivity contribution in [1.82, 2.24) is 4.90 Å². The largest absolute Gasteiger partial charge is 0.380 e. The summed E-state index contributed by atoms with van der Waals surface area (Å²) >= 11 is 0. The van der Waals surface area contributed by atoms with Gasteiger partial charge in [-0.1, -0.05) is 11.6 Å². The molecule has 2 aliphatic heterocycles. The van der Waals surface area contributed by atoms with Gasteiger partial charge in [-0.3, -0.25) is 4.90 Å². The molecule has 0 aromatic heterocycles. The Morgan fingerprint density at radius 3 is 3.17 bits per heavy atom. The summed E-state index contributed by atoms with van der Waals surface area (Å²) in [6, 6.07) is 0.764. The third kappa shape index (κ3) is 1.41. The quantitative estimate of drug-likeness (QED) is 0.548. The fraction of sp³-hybridized carbons (Fsp3) is 0.800. The molecule has 0 bridgehead atoms. The van der Waals surface area contributed by atoms with E-state index in [4.69, 9.17) is 4.74 Å². The Hall–Kier alpha value is -0.340. The van der Waals surface area contributed by atoms with E-state index < -0.39 is 0 Å². The fourth-order valence-corrected chi connectivity index (χ4v) is 2.27. The first-order valence-corrected chi connectivity index (χ1v) is 4.72. The van der Waals surface area contributed by atoms with Crippen LogP contribution in [0.1, 0.15) is 19.8 Å². The summed E-state index contributed by atoms with van der Waals surface area (Å²) in [5.41, 5.74) is 1.55. The van der Waals surface area contributed by atoms with Crippen LogP contribution >= 0.6 is 0 Å². The maximum atomic E-state index is 5.37. The van der Waals surface area contributed by atoms with E-state index in [9.17, 15) is 0 Å². The summed E-state index contributed by atoms with van der Waals surface area (Å²) in [5, 5.41) is 0. The van der Waals surface area contributed by atoms with Crippen molar-refractivity contribution in [2.75, 3.05) is 20.2 Å². The normalized spacial score (nSPS) is 36.3. The van der Waals surface area contributed by atoms with Crippen molar-refractivity contribution in [3.63, 3.8) is 0 Å². The van der Waals surface area contributed by atoms with Crippen LogP contribution in [0.3, 0.4) is 0 Å². The van der Waals surface area contributed by atoms with E-state index >= 15 is 0 Å². The van der Waals surface area contributed by atoms with Gasteiger partial charge in [0.05, 0.1) is 6.10 Å². The standard InChI is InChI=1S/C10H17NO/c1-8-3-4-11-7-10(12-2)6-9(11)5-8/h3,9-10H,4-7H2,1-2H3. The van der Waals surface area contributed by atoms with Crippen molar-refractivity contribution in [1.29, 1.82) is 0 Å². The molecule has 0 aromatic rings. The van der Waals surface area contributed by atoms with Crippen LogP contribution in [0.25, 0.3) is 0 Å². The zero-order valence-corrected chi connectivity index (χ0v) is 7.92. The molecular weight excluding hydrogens is 150 g/mol. The molecule has 0 N–H and O–H groups in total. The molecule has 2 heterocycles. The van der Waals surface area contributed by atoms with Crippen molar-refractivity contribution in [2.24, 2.45) is 0 Å². The molecule has 1 fully saturated rings. The summed E-state index contributed by atoms with van der Waals surface area (Å²) in [4.78, 5) is 2.53. The van der Waals surface area contributed by atoms with Gasteiger partial charge in [0.2, 0.25) is 0 Å². The lowest BCUT2D eigenvalue weighted by molar-refractivity contribution is 0.109. The van der Waals surface area contributed by atoms with Crippen LogP contribution in [-0.2, 0) is 4.74 Å². The van der Waals surface area contributed by atoms with Crippen molar-refractivity contribution in [2.45, 2.75) is 31.9 Å². The van der Waals surface area contributed by atoms with Crippen molar-refractivity contribution in [3.8, 4) is 0 Å². The number of ether oxygens (including phenoxy) is 1. The lowest BCUT2D eigenvalue weighted by atomic mass is 10.0. The molecule has 68 valence electrons. The van der Waals surface area contributed by atoms with E-state index in [2.05, 4.69) is 17.9 Å². The van der Waals surface area contributed by atoms with E-state index in [0.29, 0.717) is 6.10 Å². The van der Waals surface area contributed by atoms with Crippen LogP contribution in [-0.4, -0.2) is 37.2 Å². The highest BCUT2D eigenvalue weighted by molar-refractivity contribution is 5.09. The first-order valence-electron chi connectivity index (χ1n) is 4.72. The van der Waals surface area contributed by atoms with Crippen LogP contribution in [0.2, 0.25) is 0 Å².